The largest absolute Gasteiger partial charge is 0.493 e. The maximum absolute atomic E-state index is 10.3. The third kappa shape index (κ3) is 2.38. The van der Waals surface area contributed by atoms with Gasteiger partial charge in [-0.25, -0.2) is 0 Å². The van der Waals surface area contributed by atoms with Crippen LogP contribution in [-0.4, -0.2) is 11.7 Å². The van der Waals surface area contributed by atoms with Crippen molar-refractivity contribution in [1.82, 2.24) is 0 Å². The third-order valence-corrected chi connectivity index (χ3v) is 3.38. The summed E-state index contributed by atoms with van der Waals surface area (Å²) in [4.78, 5) is 0. The number of hydrogen-bond donors (Lipinski definition) is 1. The highest BCUT2D eigenvalue weighted by Crippen LogP contribution is 2.38. The first-order valence-corrected chi connectivity index (χ1v) is 6.22. The zero-order valence-corrected chi connectivity index (χ0v) is 9.86. The maximum atomic E-state index is 10.3. The van der Waals surface area contributed by atoms with Gasteiger partial charge in [0.05, 0.1) is 12.7 Å². The van der Waals surface area contributed by atoms with Crippen LogP contribution in [0.25, 0.3) is 0 Å². The summed E-state index contributed by atoms with van der Waals surface area (Å²) in [7, 11) is 0. The van der Waals surface area contributed by atoms with Crippen molar-refractivity contribution >= 4 is 0 Å². The minimum absolute atomic E-state index is 0.356. The van der Waals surface area contributed by atoms with Gasteiger partial charge in [0.1, 0.15) is 5.75 Å². The molecule has 1 saturated carbocycles. The van der Waals surface area contributed by atoms with Crippen molar-refractivity contribution in [3.05, 3.63) is 29.8 Å². The molecule has 0 radical (unpaired) electrons. The zero-order valence-electron chi connectivity index (χ0n) is 9.86. The monoisotopic (exact) mass is 220 g/mol. The number of ether oxygens (including phenoxy) is 1. The molecule has 2 nitrogen and oxygen atoms in total. The fourth-order valence-electron chi connectivity index (χ4n) is 2.54. The third-order valence-electron chi connectivity index (χ3n) is 3.38. The van der Waals surface area contributed by atoms with Crippen LogP contribution >= 0.6 is 0 Å². The van der Waals surface area contributed by atoms with Crippen LogP contribution in [0, 0.1) is 5.92 Å². The van der Waals surface area contributed by atoms with E-state index in [0.29, 0.717) is 12.5 Å². The second-order valence-corrected chi connectivity index (χ2v) is 4.46. The minimum atomic E-state index is -0.356. The molecule has 1 aromatic rings. The van der Waals surface area contributed by atoms with Crippen LogP contribution in [0.5, 0.6) is 5.75 Å². The van der Waals surface area contributed by atoms with Gasteiger partial charge >= 0.3 is 0 Å². The second-order valence-electron chi connectivity index (χ2n) is 4.46. The van der Waals surface area contributed by atoms with Crippen LogP contribution in [-0.2, 0) is 0 Å². The van der Waals surface area contributed by atoms with Gasteiger partial charge in [0.2, 0.25) is 0 Å². The van der Waals surface area contributed by atoms with Gasteiger partial charge in [-0.05, 0) is 31.7 Å². The highest BCUT2D eigenvalue weighted by atomic mass is 16.5. The Morgan fingerprint density at radius 2 is 2.00 bits per heavy atom. The molecule has 0 amide bonds. The van der Waals surface area contributed by atoms with Crippen molar-refractivity contribution in [2.45, 2.75) is 38.7 Å². The van der Waals surface area contributed by atoms with E-state index in [4.69, 9.17) is 4.74 Å². The molecule has 1 fully saturated rings. The normalized spacial score (nSPS) is 18.6. The number of aliphatic hydroxyl groups is 1. The van der Waals surface area contributed by atoms with Gasteiger partial charge in [0, 0.05) is 5.56 Å². The lowest BCUT2D eigenvalue weighted by molar-refractivity contribution is 0.108. The molecule has 1 unspecified atom stereocenters. The number of hydrogen-bond acceptors (Lipinski definition) is 2. The molecular weight excluding hydrogens is 200 g/mol. The average Bonchev–Trinajstić information content (AvgIpc) is 2.83. The lowest BCUT2D eigenvalue weighted by Gasteiger charge is -2.20. The highest BCUT2D eigenvalue weighted by Gasteiger charge is 2.26. The van der Waals surface area contributed by atoms with Crippen LogP contribution in [0.2, 0.25) is 0 Å². The summed E-state index contributed by atoms with van der Waals surface area (Å²) in [5.74, 6) is 1.26. The number of benzene rings is 1. The van der Waals surface area contributed by atoms with Crippen LogP contribution in [0.1, 0.15) is 44.3 Å². The van der Waals surface area contributed by atoms with Gasteiger partial charge in [-0.3, -0.25) is 0 Å². The van der Waals surface area contributed by atoms with E-state index in [9.17, 15) is 5.11 Å². The van der Waals surface area contributed by atoms with Crippen molar-refractivity contribution in [3.8, 4) is 5.75 Å². The minimum Gasteiger partial charge on any atom is -0.493 e. The molecule has 1 N–H and O–H groups in total. The SMILES string of the molecule is CCOc1ccccc1C(O)C1CCCC1. The quantitative estimate of drug-likeness (QED) is 0.843. The van der Waals surface area contributed by atoms with Gasteiger partial charge in [0.15, 0.2) is 0 Å². The number of rotatable bonds is 4. The zero-order chi connectivity index (χ0) is 11.4. The standard InChI is InChI=1S/C14H20O2/c1-2-16-13-10-6-5-9-12(13)14(15)11-7-3-4-8-11/h5-6,9-11,14-15H,2-4,7-8H2,1H3. The van der Waals surface area contributed by atoms with Crippen molar-refractivity contribution in [1.29, 1.82) is 0 Å². The molecule has 0 aromatic heterocycles. The first-order chi connectivity index (χ1) is 7.83. The van der Waals surface area contributed by atoms with E-state index >= 15 is 0 Å². The van der Waals surface area contributed by atoms with E-state index in [1.807, 2.05) is 31.2 Å². The highest BCUT2D eigenvalue weighted by molar-refractivity contribution is 5.35. The summed E-state index contributed by atoms with van der Waals surface area (Å²) in [5.41, 5.74) is 0.955. The smallest absolute Gasteiger partial charge is 0.125 e. The molecule has 1 aromatic carbocycles. The van der Waals surface area contributed by atoms with Crippen molar-refractivity contribution in [2.24, 2.45) is 5.92 Å². The van der Waals surface area contributed by atoms with E-state index in [1.165, 1.54) is 12.8 Å². The lowest BCUT2D eigenvalue weighted by Crippen LogP contribution is -2.10. The summed E-state index contributed by atoms with van der Waals surface area (Å²) in [6.45, 7) is 2.62. The van der Waals surface area contributed by atoms with Gasteiger partial charge in [-0.2, -0.15) is 0 Å². The van der Waals surface area contributed by atoms with Gasteiger partial charge < -0.3 is 9.84 Å². The molecule has 2 heteroatoms. The Bertz CT molecular complexity index is 329. The number of aliphatic hydroxyl groups excluding tert-OH is 1. The molecule has 0 aliphatic heterocycles. The van der Waals surface area contributed by atoms with E-state index in [-0.39, 0.29) is 6.10 Å². The summed E-state index contributed by atoms with van der Waals surface area (Å²) < 4.78 is 5.56. The molecular formula is C14H20O2. The van der Waals surface area contributed by atoms with Crippen molar-refractivity contribution in [3.63, 3.8) is 0 Å². The van der Waals surface area contributed by atoms with Crippen molar-refractivity contribution < 1.29 is 9.84 Å². The van der Waals surface area contributed by atoms with E-state index in [1.54, 1.807) is 0 Å². The Hall–Kier alpha value is -1.02. The number of para-hydroxylation sites is 1. The summed E-state index contributed by atoms with van der Waals surface area (Å²) in [6.07, 6.45) is 4.42. The molecule has 2 rings (SSSR count). The van der Waals surface area contributed by atoms with Gasteiger partial charge in [0.25, 0.3) is 0 Å². The molecule has 0 bridgehead atoms. The topological polar surface area (TPSA) is 29.5 Å². The molecule has 16 heavy (non-hydrogen) atoms. The molecule has 1 aliphatic carbocycles. The van der Waals surface area contributed by atoms with E-state index in [2.05, 4.69) is 0 Å². The van der Waals surface area contributed by atoms with Gasteiger partial charge in [-0.15, -0.1) is 0 Å². The molecule has 88 valence electrons. The summed E-state index contributed by atoms with van der Waals surface area (Å²) in [5, 5.41) is 10.3. The Kier molecular flexibility index (Phi) is 3.83. The Labute approximate surface area is 97.3 Å². The van der Waals surface area contributed by atoms with Crippen LogP contribution in [0.4, 0.5) is 0 Å². The average molecular weight is 220 g/mol. The van der Waals surface area contributed by atoms with Gasteiger partial charge in [-0.1, -0.05) is 31.0 Å². The van der Waals surface area contributed by atoms with Crippen LogP contribution in [0.15, 0.2) is 24.3 Å². The fraction of sp³-hybridized carbons (Fsp3) is 0.571. The first kappa shape index (κ1) is 11.5. The second kappa shape index (κ2) is 5.35. The molecule has 0 spiro atoms. The molecule has 1 atom stereocenters. The van der Waals surface area contributed by atoms with E-state index < -0.39 is 0 Å². The molecule has 1 aliphatic rings. The summed E-state index contributed by atoms with van der Waals surface area (Å²) >= 11 is 0. The molecule has 0 saturated heterocycles. The van der Waals surface area contributed by atoms with Crippen molar-refractivity contribution in [2.75, 3.05) is 6.61 Å². The van der Waals surface area contributed by atoms with E-state index in [0.717, 1.165) is 24.2 Å². The fourth-order valence-corrected chi connectivity index (χ4v) is 2.54. The lowest BCUT2D eigenvalue weighted by atomic mass is 9.94. The predicted octanol–water partition coefficient (Wildman–Crippen LogP) is 3.31. The summed E-state index contributed by atoms with van der Waals surface area (Å²) in [6, 6.07) is 7.84. The van der Waals surface area contributed by atoms with Crippen LogP contribution in [0.3, 0.4) is 0 Å². The Morgan fingerprint density at radius 3 is 2.69 bits per heavy atom. The maximum Gasteiger partial charge on any atom is 0.125 e. The Balaban J connectivity index is 2.17. The predicted molar refractivity (Wildman–Crippen MR) is 64.5 cm³/mol. The van der Waals surface area contributed by atoms with Crippen LogP contribution < -0.4 is 4.74 Å². The Morgan fingerprint density at radius 1 is 1.31 bits per heavy atom. The molecule has 0 heterocycles. The first-order valence-electron chi connectivity index (χ1n) is 6.22.